The number of hydrogen-bond acceptors (Lipinski definition) is 5. The van der Waals surface area contributed by atoms with E-state index in [1.807, 2.05) is 0 Å². The summed E-state index contributed by atoms with van der Waals surface area (Å²) in [6.07, 6.45) is 3.66. The van der Waals surface area contributed by atoms with E-state index in [9.17, 15) is 4.79 Å². The van der Waals surface area contributed by atoms with Crippen molar-refractivity contribution in [3.05, 3.63) is 21.0 Å². The van der Waals surface area contributed by atoms with Gasteiger partial charge in [-0.05, 0) is 22.4 Å². The van der Waals surface area contributed by atoms with Gasteiger partial charge in [0.25, 0.3) is 5.56 Å². The van der Waals surface area contributed by atoms with Gasteiger partial charge in [0, 0.05) is 20.3 Å². The Morgan fingerprint density at radius 3 is 2.80 bits per heavy atom. The van der Waals surface area contributed by atoms with Crippen molar-refractivity contribution in [1.29, 1.82) is 0 Å². The molecule has 1 rings (SSSR count). The largest absolute Gasteiger partial charge is 0.383 e. The van der Waals surface area contributed by atoms with Crippen molar-refractivity contribution in [2.45, 2.75) is 32.4 Å². The fourth-order valence-electron chi connectivity index (χ4n) is 1.87. The van der Waals surface area contributed by atoms with Gasteiger partial charge in [0.2, 0.25) is 0 Å². The first-order valence-corrected chi connectivity index (χ1v) is 7.43. The van der Waals surface area contributed by atoms with Crippen molar-refractivity contribution in [1.82, 2.24) is 9.78 Å². The lowest BCUT2D eigenvalue weighted by Crippen LogP contribution is -2.29. The van der Waals surface area contributed by atoms with Gasteiger partial charge in [0.05, 0.1) is 31.6 Å². The molecule has 1 heterocycles. The average molecular weight is 348 g/mol. The second kappa shape index (κ2) is 9.10. The Morgan fingerprint density at radius 1 is 1.45 bits per heavy atom. The Kier molecular flexibility index (Phi) is 7.79. The summed E-state index contributed by atoms with van der Waals surface area (Å²) < 4.78 is 12.0. The maximum absolute atomic E-state index is 12.1. The van der Waals surface area contributed by atoms with Crippen LogP contribution < -0.4 is 10.9 Å². The van der Waals surface area contributed by atoms with Gasteiger partial charge in [-0.15, -0.1) is 0 Å². The van der Waals surface area contributed by atoms with Gasteiger partial charge in [-0.3, -0.25) is 4.79 Å². The molecule has 0 amide bonds. The van der Waals surface area contributed by atoms with E-state index < -0.39 is 0 Å². The van der Waals surface area contributed by atoms with Crippen LogP contribution in [0, 0.1) is 0 Å². The minimum absolute atomic E-state index is 0.164. The molecule has 1 atom stereocenters. The first kappa shape index (κ1) is 17.1. The molecular weight excluding hydrogens is 326 g/mol. The van der Waals surface area contributed by atoms with Gasteiger partial charge in [0.15, 0.2) is 0 Å². The van der Waals surface area contributed by atoms with Crippen LogP contribution in [0.25, 0.3) is 0 Å². The zero-order valence-electron chi connectivity index (χ0n) is 12.2. The zero-order chi connectivity index (χ0) is 15.0. The Balaban J connectivity index is 2.85. The summed E-state index contributed by atoms with van der Waals surface area (Å²) in [4.78, 5) is 12.1. The maximum Gasteiger partial charge on any atom is 0.283 e. The van der Waals surface area contributed by atoms with Gasteiger partial charge in [0.1, 0.15) is 4.47 Å². The fraction of sp³-hybridized carbons (Fsp3) is 0.692. The minimum Gasteiger partial charge on any atom is -0.383 e. The molecule has 20 heavy (non-hydrogen) atoms. The van der Waals surface area contributed by atoms with E-state index >= 15 is 0 Å². The summed E-state index contributed by atoms with van der Waals surface area (Å²) in [7, 11) is 3.26. The van der Waals surface area contributed by atoms with E-state index in [1.54, 1.807) is 20.4 Å². The summed E-state index contributed by atoms with van der Waals surface area (Å²) in [6.45, 7) is 3.59. The van der Waals surface area contributed by atoms with Gasteiger partial charge in [-0.25, -0.2) is 4.68 Å². The first-order chi connectivity index (χ1) is 9.63. The molecule has 0 aliphatic carbocycles. The zero-order valence-corrected chi connectivity index (χ0v) is 13.8. The Morgan fingerprint density at radius 2 is 2.20 bits per heavy atom. The summed E-state index contributed by atoms with van der Waals surface area (Å²) in [5.74, 6) is 0. The number of ether oxygens (including phenoxy) is 2. The highest BCUT2D eigenvalue weighted by atomic mass is 79.9. The lowest BCUT2D eigenvalue weighted by atomic mass is 10.2. The quantitative estimate of drug-likeness (QED) is 0.738. The van der Waals surface area contributed by atoms with Crippen molar-refractivity contribution in [2.75, 3.05) is 32.8 Å². The minimum atomic E-state index is -0.167. The predicted octanol–water partition coefficient (Wildman–Crippen LogP) is 1.88. The maximum atomic E-state index is 12.1. The van der Waals surface area contributed by atoms with Crippen LogP contribution >= 0.6 is 15.9 Å². The number of aromatic nitrogens is 2. The molecule has 1 aromatic heterocycles. The Bertz CT molecular complexity index is 459. The number of hydrogen-bond donors (Lipinski definition) is 1. The third-order valence-electron chi connectivity index (χ3n) is 2.86. The van der Waals surface area contributed by atoms with E-state index in [0.717, 1.165) is 12.8 Å². The molecule has 0 spiro atoms. The molecule has 0 aliphatic heterocycles. The molecule has 0 aromatic carbocycles. The molecule has 7 heteroatoms. The van der Waals surface area contributed by atoms with Crippen LogP contribution in [-0.2, 0) is 16.0 Å². The molecule has 6 nitrogen and oxygen atoms in total. The van der Waals surface area contributed by atoms with E-state index in [-0.39, 0.29) is 11.6 Å². The van der Waals surface area contributed by atoms with Crippen LogP contribution in [0.15, 0.2) is 15.5 Å². The van der Waals surface area contributed by atoms with Crippen molar-refractivity contribution in [2.24, 2.45) is 0 Å². The smallest absolute Gasteiger partial charge is 0.283 e. The van der Waals surface area contributed by atoms with Crippen LogP contribution in [0.2, 0.25) is 0 Å². The Hall–Kier alpha value is -0.920. The summed E-state index contributed by atoms with van der Waals surface area (Å²) in [5.41, 5.74) is 0.527. The average Bonchev–Trinajstić information content (AvgIpc) is 2.43. The molecular formula is C13H22BrN3O3. The number of anilines is 1. The number of halogens is 1. The van der Waals surface area contributed by atoms with Crippen LogP contribution in [0.4, 0.5) is 5.69 Å². The van der Waals surface area contributed by atoms with Crippen molar-refractivity contribution < 1.29 is 9.47 Å². The second-order valence-electron chi connectivity index (χ2n) is 4.48. The van der Waals surface area contributed by atoms with E-state index in [0.29, 0.717) is 29.9 Å². The normalized spacial score (nSPS) is 12.4. The topological polar surface area (TPSA) is 65.4 Å². The molecule has 0 radical (unpaired) electrons. The van der Waals surface area contributed by atoms with Crippen molar-refractivity contribution in [3.8, 4) is 0 Å². The molecule has 0 saturated heterocycles. The second-order valence-corrected chi connectivity index (χ2v) is 5.27. The molecule has 0 saturated carbocycles. The number of nitrogens with zero attached hydrogens (tertiary/aromatic N) is 2. The van der Waals surface area contributed by atoms with Gasteiger partial charge in [-0.1, -0.05) is 13.3 Å². The fourth-order valence-corrected chi connectivity index (χ4v) is 2.29. The highest BCUT2D eigenvalue weighted by Gasteiger charge is 2.13. The third kappa shape index (κ3) is 4.88. The summed E-state index contributed by atoms with van der Waals surface area (Å²) in [5, 5.41) is 7.44. The third-order valence-corrected chi connectivity index (χ3v) is 3.62. The van der Waals surface area contributed by atoms with Crippen molar-refractivity contribution >= 4 is 21.6 Å². The molecule has 1 unspecified atom stereocenters. The highest BCUT2D eigenvalue weighted by Crippen LogP contribution is 2.18. The van der Waals surface area contributed by atoms with Crippen LogP contribution in [0.3, 0.4) is 0 Å². The molecule has 1 N–H and O–H groups in total. The van der Waals surface area contributed by atoms with Crippen LogP contribution in [0.5, 0.6) is 0 Å². The van der Waals surface area contributed by atoms with E-state index in [4.69, 9.17) is 9.47 Å². The lowest BCUT2D eigenvalue weighted by molar-refractivity contribution is 0.181. The SMILES string of the molecule is CCCC(COC)Nc1cnn(CCOC)c(=O)c1Br. The molecule has 1 aromatic rings. The monoisotopic (exact) mass is 347 g/mol. The predicted molar refractivity (Wildman–Crippen MR) is 82.3 cm³/mol. The summed E-state index contributed by atoms with van der Waals surface area (Å²) in [6, 6.07) is 0.164. The van der Waals surface area contributed by atoms with Gasteiger partial charge in [-0.2, -0.15) is 5.10 Å². The standard InChI is InChI=1S/C13H22BrN3O3/c1-4-5-10(9-20-3)16-11-8-15-17(6-7-19-2)13(18)12(11)14/h8,10,16H,4-7,9H2,1-3H3. The van der Waals surface area contributed by atoms with Crippen LogP contribution in [0.1, 0.15) is 19.8 Å². The Labute approximate surface area is 127 Å². The first-order valence-electron chi connectivity index (χ1n) is 6.64. The van der Waals surface area contributed by atoms with Gasteiger partial charge < -0.3 is 14.8 Å². The number of rotatable bonds is 9. The van der Waals surface area contributed by atoms with Crippen molar-refractivity contribution in [3.63, 3.8) is 0 Å². The molecule has 0 fully saturated rings. The lowest BCUT2D eigenvalue weighted by Gasteiger charge is -2.19. The molecule has 0 aliphatic rings. The van der Waals surface area contributed by atoms with Gasteiger partial charge >= 0.3 is 0 Å². The molecule has 0 bridgehead atoms. The van der Waals surface area contributed by atoms with E-state index in [1.165, 1.54) is 4.68 Å². The highest BCUT2D eigenvalue weighted by molar-refractivity contribution is 9.10. The van der Waals surface area contributed by atoms with E-state index in [2.05, 4.69) is 33.3 Å². The summed E-state index contributed by atoms with van der Waals surface area (Å²) >= 11 is 3.34. The molecule has 114 valence electrons. The number of nitrogens with one attached hydrogen (secondary N) is 1. The van der Waals surface area contributed by atoms with Crippen LogP contribution in [-0.4, -0.2) is 43.3 Å². The number of methoxy groups -OCH3 is 2.